The lowest BCUT2D eigenvalue weighted by Crippen LogP contribution is -2.71. The third kappa shape index (κ3) is 6.32. The molecule has 2 atom stereocenters. The molecule has 4 heterocycles. The summed E-state index contributed by atoms with van der Waals surface area (Å²) in [6, 6.07) is -1.07. The Bertz CT molecular complexity index is 1400. The smallest absolute Gasteiger partial charge is 0.433 e. The van der Waals surface area contributed by atoms with Crippen LogP contribution in [-0.2, 0) is 30.4 Å². The number of rotatable bonds is 10. The van der Waals surface area contributed by atoms with Gasteiger partial charge >= 0.3 is 18.0 Å². The number of fused-ring (bicyclic) bond motifs is 1. The summed E-state index contributed by atoms with van der Waals surface area (Å²) in [6.45, 7) is 0. The molecule has 1 unspecified atom stereocenters. The van der Waals surface area contributed by atoms with Gasteiger partial charge in [-0.2, -0.15) is 0 Å². The van der Waals surface area contributed by atoms with Crippen LogP contribution in [-0.4, -0.2) is 90.6 Å². The van der Waals surface area contributed by atoms with Crippen LogP contribution in [0.2, 0.25) is 0 Å². The zero-order valence-electron chi connectivity index (χ0n) is 19.8. The molecule has 15 nitrogen and oxygen atoms in total. The molecule has 0 spiro atoms. The van der Waals surface area contributed by atoms with Crippen LogP contribution < -0.4 is 16.4 Å². The van der Waals surface area contributed by atoms with Crippen molar-refractivity contribution in [3.8, 4) is 0 Å². The zero-order valence-corrected chi connectivity index (χ0v) is 23.0. The number of aliphatic carboxylic acids is 2. The molecule has 6 N–H and O–H groups in total. The van der Waals surface area contributed by atoms with Gasteiger partial charge in [0.25, 0.3) is 11.8 Å². The number of aromatic nitrogens is 2. The SMILES string of the molecule is CNC(=O)ON=C(C(=O)NC1C(=O)N2C(C(=O)O)=C(CSc3nc(CC(=O)O)cs3)CS[C@@H]12)c1csc(N)n1. The topological polar surface area (TPSA) is 226 Å². The lowest BCUT2D eigenvalue weighted by molar-refractivity contribution is -0.150. The quantitative estimate of drug-likeness (QED) is 0.0805. The molecule has 2 aliphatic heterocycles. The Morgan fingerprint density at radius 3 is 2.67 bits per heavy atom. The summed E-state index contributed by atoms with van der Waals surface area (Å²) in [5.74, 6) is -3.31. The summed E-state index contributed by atoms with van der Waals surface area (Å²) in [4.78, 5) is 74.4. The number of carbonyl (C=O) groups excluding carboxylic acids is 3. The van der Waals surface area contributed by atoms with E-state index in [0.29, 0.717) is 15.6 Å². The maximum atomic E-state index is 13.0. The van der Waals surface area contributed by atoms with Crippen LogP contribution >= 0.6 is 46.2 Å². The second-order valence-electron chi connectivity index (χ2n) is 7.72. The standard InChI is InChI=1S/C20H19N7O8S4/c1-22-19(34)35-26-11(9-6-37-18(21)24-9)14(30)25-12-15(31)27-13(17(32)33)7(3-36-16(12)27)4-38-20-23-8(5-39-20)2-10(28)29/h5-6,12,16H,2-4H2,1H3,(H2,21,24)(H,22,34)(H,25,30)(H,28,29)(H,32,33)/t12?,16-/m0/s1. The largest absolute Gasteiger partial charge is 0.481 e. The van der Waals surface area contributed by atoms with Crippen LogP contribution in [0.25, 0.3) is 0 Å². The van der Waals surface area contributed by atoms with Crippen molar-refractivity contribution in [3.63, 3.8) is 0 Å². The van der Waals surface area contributed by atoms with Crippen molar-refractivity contribution < 1.29 is 39.0 Å². The first kappa shape index (κ1) is 28.3. The average Bonchev–Trinajstić information content (AvgIpc) is 3.53. The van der Waals surface area contributed by atoms with Crippen LogP contribution in [0.4, 0.5) is 9.93 Å². The summed E-state index contributed by atoms with van der Waals surface area (Å²) in [6.07, 6.45) is -1.15. The van der Waals surface area contributed by atoms with E-state index in [0.717, 1.165) is 16.2 Å². The van der Waals surface area contributed by atoms with Crippen LogP contribution in [0.5, 0.6) is 0 Å². The number of carboxylic acid groups (broad SMARTS) is 2. The Morgan fingerprint density at radius 1 is 1.26 bits per heavy atom. The molecular formula is C20H19N7O8S4. The summed E-state index contributed by atoms with van der Waals surface area (Å²) in [5, 5.41) is 29.5. The minimum absolute atomic E-state index is 0.0259. The van der Waals surface area contributed by atoms with E-state index in [2.05, 4.69) is 30.6 Å². The molecule has 3 amide bonds. The van der Waals surface area contributed by atoms with Crippen LogP contribution in [0.3, 0.4) is 0 Å². The third-order valence-electron chi connectivity index (χ3n) is 5.17. The fraction of sp³-hybridized carbons (Fsp3) is 0.300. The van der Waals surface area contributed by atoms with Crippen LogP contribution in [0, 0.1) is 0 Å². The number of β-lactam (4-membered cyclic amide) rings is 1. The Hall–Kier alpha value is -3.68. The maximum Gasteiger partial charge on any atom is 0.433 e. The van der Waals surface area contributed by atoms with E-state index >= 15 is 0 Å². The summed E-state index contributed by atoms with van der Waals surface area (Å²) < 4.78 is 0.573. The monoisotopic (exact) mass is 613 g/mol. The molecule has 0 radical (unpaired) electrons. The van der Waals surface area contributed by atoms with Gasteiger partial charge in [-0.1, -0.05) is 16.9 Å². The highest BCUT2D eigenvalue weighted by Crippen LogP contribution is 2.41. The molecule has 0 saturated carbocycles. The van der Waals surface area contributed by atoms with Gasteiger partial charge in [-0.25, -0.2) is 19.6 Å². The number of hydrogen-bond donors (Lipinski definition) is 5. The molecule has 1 fully saturated rings. The van der Waals surface area contributed by atoms with Gasteiger partial charge in [0.15, 0.2) is 10.8 Å². The molecule has 0 aromatic carbocycles. The number of nitrogens with one attached hydrogen (secondary N) is 2. The first-order valence-corrected chi connectivity index (χ1v) is 14.6. The van der Waals surface area contributed by atoms with Crippen molar-refractivity contribution >= 4 is 86.9 Å². The first-order chi connectivity index (χ1) is 18.6. The molecule has 2 aliphatic rings. The molecule has 0 bridgehead atoms. The van der Waals surface area contributed by atoms with Crippen molar-refractivity contribution in [1.82, 2.24) is 25.5 Å². The predicted octanol–water partition coefficient (Wildman–Crippen LogP) is 0.400. The van der Waals surface area contributed by atoms with Crippen LogP contribution in [0.15, 0.2) is 31.5 Å². The van der Waals surface area contributed by atoms with E-state index in [-0.39, 0.29) is 34.4 Å². The van der Waals surface area contributed by atoms with Gasteiger partial charge in [0.2, 0.25) is 0 Å². The molecular weight excluding hydrogens is 595 g/mol. The van der Waals surface area contributed by atoms with Crippen molar-refractivity contribution in [3.05, 3.63) is 33.4 Å². The molecule has 4 rings (SSSR count). The number of carboxylic acids is 2. The van der Waals surface area contributed by atoms with Crippen LogP contribution in [0.1, 0.15) is 11.4 Å². The lowest BCUT2D eigenvalue weighted by atomic mass is 10.0. The Kier molecular flexibility index (Phi) is 8.73. The number of thioether (sulfide) groups is 2. The molecule has 206 valence electrons. The Labute approximate surface area is 235 Å². The fourth-order valence-corrected chi connectivity index (χ4v) is 7.35. The fourth-order valence-electron chi connectivity index (χ4n) is 3.48. The highest BCUT2D eigenvalue weighted by atomic mass is 32.2. The molecule has 0 aliphatic carbocycles. The second kappa shape index (κ2) is 12.0. The van der Waals surface area contributed by atoms with E-state index < -0.39 is 47.0 Å². The number of nitrogen functional groups attached to an aromatic ring is 1. The van der Waals surface area contributed by atoms with Gasteiger partial charge < -0.3 is 26.6 Å². The number of anilines is 1. The van der Waals surface area contributed by atoms with E-state index in [1.54, 1.807) is 5.38 Å². The maximum absolute atomic E-state index is 13.0. The second-order valence-corrected chi connectivity index (χ2v) is 11.8. The lowest BCUT2D eigenvalue weighted by Gasteiger charge is -2.49. The predicted molar refractivity (Wildman–Crippen MR) is 142 cm³/mol. The summed E-state index contributed by atoms with van der Waals surface area (Å²) >= 11 is 4.79. The molecule has 1 saturated heterocycles. The van der Waals surface area contributed by atoms with E-state index in [1.165, 1.54) is 47.3 Å². The van der Waals surface area contributed by atoms with E-state index in [1.807, 2.05) is 0 Å². The normalized spacial score (nSPS) is 18.7. The molecule has 2 aromatic heterocycles. The molecule has 19 heteroatoms. The van der Waals surface area contributed by atoms with Gasteiger partial charge in [0.05, 0.1) is 12.1 Å². The van der Waals surface area contributed by atoms with Gasteiger partial charge in [-0.15, -0.1) is 34.4 Å². The Balaban J connectivity index is 1.47. The minimum atomic E-state index is -1.29. The summed E-state index contributed by atoms with van der Waals surface area (Å²) in [5.41, 5.74) is 5.98. The molecule has 2 aromatic rings. The Morgan fingerprint density at radius 2 is 2.03 bits per heavy atom. The first-order valence-electron chi connectivity index (χ1n) is 10.8. The van der Waals surface area contributed by atoms with Crippen molar-refractivity contribution in [1.29, 1.82) is 0 Å². The number of hydrogen-bond acceptors (Lipinski definition) is 14. The number of oxime groups is 1. The number of nitrogens with two attached hydrogens (primary N) is 1. The highest BCUT2D eigenvalue weighted by Gasteiger charge is 2.54. The number of thiazole rings is 2. The van der Waals surface area contributed by atoms with E-state index in [4.69, 9.17) is 10.8 Å². The zero-order chi connectivity index (χ0) is 28.3. The van der Waals surface area contributed by atoms with E-state index in [9.17, 15) is 29.1 Å². The minimum Gasteiger partial charge on any atom is -0.481 e. The third-order valence-corrected chi connectivity index (χ3v) is 9.34. The van der Waals surface area contributed by atoms with Crippen molar-refractivity contribution in [2.75, 3.05) is 24.3 Å². The summed E-state index contributed by atoms with van der Waals surface area (Å²) in [7, 11) is 1.30. The average molecular weight is 614 g/mol. The molecule has 39 heavy (non-hydrogen) atoms. The van der Waals surface area contributed by atoms with Gasteiger partial charge in [0, 0.05) is 29.3 Å². The van der Waals surface area contributed by atoms with Gasteiger partial charge in [-0.3, -0.25) is 24.1 Å². The van der Waals surface area contributed by atoms with Gasteiger partial charge in [0.1, 0.15) is 27.1 Å². The number of amides is 3. The van der Waals surface area contributed by atoms with Crippen molar-refractivity contribution in [2.45, 2.75) is 22.2 Å². The van der Waals surface area contributed by atoms with Crippen molar-refractivity contribution in [2.24, 2.45) is 5.16 Å². The highest BCUT2D eigenvalue weighted by molar-refractivity contribution is 8.01. The number of carbonyl (C=O) groups is 5. The van der Waals surface area contributed by atoms with Gasteiger partial charge in [-0.05, 0) is 5.57 Å². The number of nitrogens with zero attached hydrogens (tertiary/aromatic N) is 4.